The molecule has 2 aromatic heterocycles. The monoisotopic (exact) mass is 779 g/mol. The minimum Gasteiger partial charge on any atom is -0.481 e. The van der Waals surface area contributed by atoms with Crippen LogP contribution in [0.25, 0.3) is 22.4 Å². The molecule has 4 aromatic rings. The van der Waals surface area contributed by atoms with Crippen molar-refractivity contribution in [2.24, 2.45) is 5.92 Å². The lowest BCUT2D eigenvalue weighted by atomic mass is 9.72. The molecule has 10 nitrogen and oxygen atoms in total. The normalized spacial score (nSPS) is 21.9. The van der Waals surface area contributed by atoms with Crippen LogP contribution in [0.3, 0.4) is 0 Å². The number of aliphatic hydroxyl groups is 1. The Hall–Kier alpha value is -4.43. The van der Waals surface area contributed by atoms with Crippen molar-refractivity contribution in [1.29, 1.82) is 0 Å². The number of ether oxygens (including phenoxy) is 3. The maximum absolute atomic E-state index is 14.5. The number of rotatable bonds is 14. The Morgan fingerprint density at radius 3 is 2.29 bits per heavy atom. The predicted molar refractivity (Wildman–Crippen MR) is 202 cm³/mol. The standard InChI is InChI=1S/C41H45ClF3N5O5/c1-40(52)17-23(18-40)19-46-21-25-16-32(41(43,44)45)39(50-38(25)54-3)55-34-14-12-28-27(6-4-7-29(28)34)30-8-5-9-31(36(30)42)33-13-10-24(37(49-33)53-2)20-47-22-26-11-15-35(51)48-26/h4-10,13,16,23,26,34,46-47,52H,11-12,14-15,17-22H2,1-3H3,(H,48,51)/t23-,26-,34-,40-/m0/s1. The van der Waals surface area contributed by atoms with Crippen molar-refractivity contribution >= 4 is 17.5 Å². The first kappa shape index (κ1) is 38.8. The molecule has 4 N–H and O–H groups in total. The fourth-order valence-corrected chi connectivity index (χ4v) is 8.39. The second-order valence-corrected chi connectivity index (χ2v) is 15.3. The van der Waals surface area contributed by atoms with Crippen molar-refractivity contribution < 1.29 is 37.3 Å². The van der Waals surface area contributed by atoms with Crippen molar-refractivity contribution in [1.82, 2.24) is 25.9 Å². The first-order chi connectivity index (χ1) is 26.3. The predicted octanol–water partition coefficient (Wildman–Crippen LogP) is 7.19. The van der Waals surface area contributed by atoms with Gasteiger partial charge in [0, 0.05) is 54.4 Å². The molecule has 2 aliphatic carbocycles. The van der Waals surface area contributed by atoms with E-state index in [4.69, 9.17) is 30.8 Å². The summed E-state index contributed by atoms with van der Waals surface area (Å²) in [5.74, 6) is 0.307. The second-order valence-electron chi connectivity index (χ2n) is 14.9. The third-order valence-electron chi connectivity index (χ3n) is 10.7. The number of pyridine rings is 2. The van der Waals surface area contributed by atoms with Gasteiger partial charge in [-0.2, -0.15) is 18.2 Å². The average molecular weight is 780 g/mol. The third-order valence-corrected chi connectivity index (χ3v) is 11.1. The van der Waals surface area contributed by atoms with Crippen molar-refractivity contribution in [2.75, 3.05) is 27.3 Å². The topological polar surface area (TPSA) is 127 Å². The lowest BCUT2D eigenvalue weighted by molar-refractivity contribution is -0.139. The number of alkyl halides is 3. The van der Waals surface area contributed by atoms with Gasteiger partial charge in [-0.25, -0.2) is 4.98 Å². The molecule has 292 valence electrons. The zero-order valence-corrected chi connectivity index (χ0v) is 31.7. The van der Waals surface area contributed by atoms with Gasteiger partial charge in [0.15, 0.2) is 0 Å². The van der Waals surface area contributed by atoms with Crippen LogP contribution in [0.1, 0.15) is 72.9 Å². The second kappa shape index (κ2) is 16.0. The van der Waals surface area contributed by atoms with E-state index in [1.807, 2.05) is 48.5 Å². The van der Waals surface area contributed by atoms with Crippen molar-refractivity contribution in [3.8, 4) is 40.0 Å². The molecule has 3 heterocycles. The van der Waals surface area contributed by atoms with Gasteiger partial charge in [0.1, 0.15) is 11.7 Å². The molecule has 0 radical (unpaired) electrons. The number of carbonyl (C=O) groups is 1. The van der Waals surface area contributed by atoms with E-state index >= 15 is 0 Å². The maximum Gasteiger partial charge on any atom is 0.421 e. The van der Waals surface area contributed by atoms with Gasteiger partial charge in [0.05, 0.1) is 30.5 Å². The molecule has 1 amide bonds. The van der Waals surface area contributed by atoms with E-state index in [9.17, 15) is 23.1 Å². The maximum atomic E-state index is 14.5. The van der Waals surface area contributed by atoms with Crippen LogP contribution in [0.15, 0.2) is 54.6 Å². The molecular formula is C41H45ClF3N5O5. The minimum atomic E-state index is -4.71. The number of benzene rings is 2. The van der Waals surface area contributed by atoms with E-state index < -0.39 is 29.3 Å². The zero-order chi connectivity index (χ0) is 38.9. The molecule has 0 unspecified atom stereocenters. The van der Waals surface area contributed by atoms with Crippen LogP contribution >= 0.6 is 11.6 Å². The first-order valence-electron chi connectivity index (χ1n) is 18.5. The highest BCUT2D eigenvalue weighted by atomic mass is 35.5. The lowest BCUT2D eigenvalue weighted by Gasteiger charge is -2.41. The Bertz CT molecular complexity index is 2050. The first-order valence-corrected chi connectivity index (χ1v) is 18.9. The average Bonchev–Trinajstić information content (AvgIpc) is 3.76. The summed E-state index contributed by atoms with van der Waals surface area (Å²) in [5.41, 5.74) is 4.14. The number of methoxy groups -OCH3 is 2. The lowest BCUT2D eigenvalue weighted by Crippen LogP contribution is -2.44. The number of carbonyl (C=O) groups excluding carboxylic acids is 1. The number of hydrogen-bond acceptors (Lipinski definition) is 9. The molecule has 1 saturated heterocycles. The van der Waals surface area contributed by atoms with Crippen LogP contribution in [0, 0.1) is 5.92 Å². The van der Waals surface area contributed by atoms with Gasteiger partial charge in [-0.05, 0) is 80.3 Å². The molecule has 2 atom stereocenters. The molecule has 2 aromatic carbocycles. The number of hydrogen-bond donors (Lipinski definition) is 4. The molecular weight excluding hydrogens is 735 g/mol. The number of nitrogens with one attached hydrogen (secondary N) is 3. The van der Waals surface area contributed by atoms with Crippen molar-refractivity contribution in [3.63, 3.8) is 0 Å². The molecule has 14 heteroatoms. The molecule has 55 heavy (non-hydrogen) atoms. The van der Waals surface area contributed by atoms with Crippen molar-refractivity contribution in [3.05, 3.63) is 87.4 Å². The number of nitrogens with zero attached hydrogens (tertiary/aromatic N) is 2. The summed E-state index contributed by atoms with van der Waals surface area (Å²) in [6.07, 6.45) is -1.76. The Morgan fingerprint density at radius 1 is 0.891 bits per heavy atom. The minimum absolute atomic E-state index is 0.0558. The Labute approximate surface area is 323 Å². The van der Waals surface area contributed by atoms with Gasteiger partial charge in [-0.1, -0.05) is 54.1 Å². The quantitative estimate of drug-likeness (QED) is 0.105. The highest BCUT2D eigenvalue weighted by molar-refractivity contribution is 6.36. The summed E-state index contributed by atoms with van der Waals surface area (Å²) in [6.45, 7) is 3.62. The van der Waals surface area contributed by atoms with Gasteiger partial charge in [0.2, 0.25) is 23.5 Å². The fraction of sp³-hybridized carbons (Fsp3) is 0.439. The van der Waals surface area contributed by atoms with Crippen LogP contribution in [0.2, 0.25) is 5.02 Å². The van der Waals surface area contributed by atoms with Crippen LogP contribution in [-0.4, -0.2) is 59.9 Å². The van der Waals surface area contributed by atoms with E-state index in [1.54, 1.807) is 14.0 Å². The van der Waals surface area contributed by atoms with E-state index in [0.717, 1.165) is 40.3 Å². The van der Waals surface area contributed by atoms with E-state index in [1.165, 1.54) is 7.11 Å². The summed E-state index contributed by atoms with van der Waals surface area (Å²) in [4.78, 5) is 20.6. The van der Waals surface area contributed by atoms with E-state index in [-0.39, 0.29) is 35.9 Å². The molecule has 7 rings (SSSR count). The molecule has 2 fully saturated rings. The van der Waals surface area contributed by atoms with Crippen molar-refractivity contribution in [2.45, 2.75) is 82.5 Å². The Morgan fingerprint density at radius 2 is 1.58 bits per heavy atom. The number of halogens is 4. The SMILES string of the molecule is COc1nc(-c2cccc(-c3cccc4c3CC[C@@H]4Oc3nc(OC)c(CNC[C@H]4C[C@](C)(O)C4)cc3C(F)(F)F)c2Cl)ccc1CNC[C@@H]1CCC(=O)N1. The fourth-order valence-electron chi connectivity index (χ4n) is 8.06. The van der Waals surface area contributed by atoms with Gasteiger partial charge < -0.3 is 35.3 Å². The van der Waals surface area contributed by atoms with Crippen LogP contribution in [0.5, 0.6) is 17.6 Å². The third kappa shape index (κ3) is 8.55. The Kier molecular flexibility index (Phi) is 11.3. The molecule has 3 aliphatic rings. The van der Waals surface area contributed by atoms with E-state index in [2.05, 4.69) is 20.9 Å². The molecule has 0 bridgehead atoms. The number of aromatic nitrogens is 2. The largest absolute Gasteiger partial charge is 0.481 e. The summed E-state index contributed by atoms with van der Waals surface area (Å²) >= 11 is 7.12. The molecule has 0 spiro atoms. The smallest absolute Gasteiger partial charge is 0.421 e. The summed E-state index contributed by atoms with van der Waals surface area (Å²) < 4.78 is 60.6. The number of fused-ring (bicyclic) bond motifs is 1. The summed E-state index contributed by atoms with van der Waals surface area (Å²) in [5, 5.41) is 20.0. The van der Waals surface area contributed by atoms with Gasteiger partial charge in [-0.15, -0.1) is 0 Å². The molecule has 1 saturated carbocycles. The van der Waals surface area contributed by atoms with Gasteiger partial charge in [0.25, 0.3) is 0 Å². The Balaban J connectivity index is 1.10. The number of amides is 1. The highest BCUT2D eigenvalue weighted by Gasteiger charge is 2.40. The van der Waals surface area contributed by atoms with Crippen LogP contribution < -0.4 is 30.2 Å². The summed E-state index contributed by atoms with van der Waals surface area (Å²) in [7, 11) is 2.94. The highest BCUT2D eigenvalue weighted by Crippen LogP contribution is 2.46. The van der Waals surface area contributed by atoms with Gasteiger partial charge in [-0.3, -0.25) is 4.79 Å². The van der Waals surface area contributed by atoms with Crippen LogP contribution in [-0.2, 0) is 30.5 Å². The van der Waals surface area contributed by atoms with Crippen LogP contribution in [0.4, 0.5) is 13.2 Å². The summed E-state index contributed by atoms with van der Waals surface area (Å²) in [6, 6.07) is 16.4. The van der Waals surface area contributed by atoms with E-state index in [0.29, 0.717) is 73.9 Å². The zero-order valence-electron chi connectivity index (χ0n) is 31.0. The van der Waals surface area contributed by atoms with Gasteiger partial charge >= 0.3 is 6.18 Å². The molecule has 1 aliphatic heterocycles.